The van der Waals surface area contributed by atoms with Crippen LogP contribution in [0.3, 0.4) is 0 Å². The number of benzene rings is 2. The molecule has 2 aromatic carbocycles. The number of para-hydroxylation sites is 1. The number of rotatable bonds is 7. The van der Waals surface area contributed by atoms with Crippen molar-refractivity contribution in [3.63, 3.8) is 0 Å². The van der Waals surface area contributed by atoms with E-state index in [9.17, 15) is 10.1 Å². The Morgan fingerprint density at radius 3 is 2.45 bits per heavy atom. The van der Waals surface area contributed by atoms with Crippen LogP contribution in [0.1, 0.15) is 5.56 Å². The first-order valence-corrected chi connectivity index (χ1v) is 6.59. The molecule has 0 aliphatic heterocycles. The zero-order valence-electron chi connectivity index (χ0n) is 12.3. The van der Waals surface area contributed by atoms with Gasteiger partial charge in [0.1, 0.15) is 0 Å². The topological polar surface area (TPSA) is 85.7 Å². The lowest BCUT2D eigenvalue weighted by molar-refractivity contribution is -0.385. The van der Waals surface area contributed by atoms with Crippen LogP contribution in [0.5, 0.6) is 11.5 Å². The van der Waals surface area contributed by atoms with E-state index in [0.29, 0.717) is 23.6 Å². The first-order valence-electron chi connectivity index (χ1n) is 6.59. The van der Waals surface area contributed by atoms with Crippen LogP contribution < -0.4 is 20.3 Å². The second-order valence-corrected chi connectivity index (χ2v) is 4.44. The number of methoxy groups -OCH3 is 2. The minimum absolute atomic E-state index is 0.0471. The summed E-state index contributed by atoms with van der Waals surface area (Å²) in [7, 11) is 2.94. The summed E-state index contributed by atoms with van der Waals surface area (Å²) in [5.41, 5.74) is 7.48. The molecule has 0 bridgehead atoms. The zero-order chi connectivity index (χ0) is 15.9. The van der Waals surface area contributed by atoms with Gasteiger partial charge in [0, 0.05) is 23.9 Å². The lowest BCUT2D eigenvalue weighted by atomic mass is 10.1. The Hall–Kier alpha value is -2.80. The average molecular weight is 303 g/mol. The number of nitrogens with one attached hydrogen (secondary N) is 2. The van der Waals surface area contributed by atoms with E-state index in [2.05, 4.69) is 10.9 Å². The van der Waals surface area contributed by atoms with Gasteiger partial charge in [-0.3, -0.25) is 10.1 Å². The highest BCUT2D eigenvalue weighted by Crippen LogP contribution is 2.35. The number of anilines is 1. The van der Waals surface area contributed by atoms with Gasteiger partial charge in [-0.05, 0) is 12.1 Å². The van der Waals surface area contributed by atoms with Crippen molar-refractivity contribution < 1.29 is 14.4 Å². The molecule has 0 spiro atoms. The molecule has 116 valence electrons. The van der Waals surface area contributed by atoms with Crippen molar-refractivity contribution in [1.29, 1.82) is 0 Å². The van der Waals surface area contributed by atoms with Crippen molar-refractivity contribution in [1.82, 2.24) is 5.43 Å². The Balaban J connectivity index is 2.17. The van der Waals surface area contributed by atoms with Gasteiger partial charge in [-0.2, -0.15) is 0 Å². The number of nitrogens with zero attached hydrogens (tertiary/aromatic N) is 1. The van der Waals surface area contributed by atoms with Crippen molar-refractivity contribution in [2.75, 3.05) is 19.6 Å². The van der Waals surface area contributed by atoms with Crippen molar-refractivity contribution >= 4 is 11.4 Å². The van der Waals surface area contributed by atoms with E-state index in [0.717, 1.165) is 5.69 Å². The standard InChI is InChI=1S/C15H17N3O4/c1-21-14-9-13(18(19)20)8-11(15(14)22-2)10-16-17-12-6-4-3-5-7-12/h3-9,16-17H,10H2,1-2H3. The monoisotopic (exact) mass is 303 g/mol. The molecule has 0 heterocycles. The maximum Gasteiger partial charge on any atom is 0.273 e. The molecule has 2 rings (SSSR count). The molecule has 0 amide bonds. The third-order valence-corrected chi connectivity index (χ3v) is 3.04. The molecule has 0 fully saturated rings. The molecule has 22 heavy (non-hydrogen) atoms. The van der Waals surface area contributed by atoms with Crippen LogP contribution in [0.15, 0.2) is 42.5 Å². The van der Waals surface area contributed by atoms with Crippen LogP contribution >= 0.6 is 0 Å². The summed E-state index contributed by atoms with van der Waals surface area (Å²) in [6.07, 6.45) is 0. The highest BCUT2D eigenvalue weighted by Gasteiger charge is 2.17. The third kappa shape index (κ3) is 3.64. The molecular formula is C15H17N3O4. The van der Waals surface area contributed by atoms with Crippen molar-refractivity contribution in [3.05, 3.63) is 58.1 Å². The van der Waals surface area contributed by atoms with E-state index >= 15 is 0 Å². The fourth-order valence-corrected chi connectivity index (χ4v) is 2.03. The Bertz CT molecular complexity index is 647. The van der Waals surface area contributed by atoms with Crippen LogP contribution in [-0.4, -0.2) is 19.1 Å². The van der Waals surface area contributed by atoms with Crippen LogP contribution in [0.25, 0.3) is 0 Å². The number of hydrogen-bond donors (Lipinski definition) is 2. The van der Waals surface area contributed by atoms with Crippen molar-refractivity contribution in [3.8, 4) is 11.5 Å². The lowest BCUT2D eigenvalue weighted by Gasteiger charge is -2.14. The summed E-state index contributed by atoms with van der Waals surface area (Å²) in [6, 6.07) is 12.3. The molecule has 0 aromatic heterocycles. The molecular weight excluding hydrogens is 286 g/mol. The second-order valence-electron chi connectivity index (χ2n) is 4.44. The number of nitro groups is 1. The predicted molar refractivity (Wildman–Crippen MR) is 83.1 cm³/mol. The van der Waals surface area contributed by atoms with Crippen LogP contribution in [0.2, 0.25) is 0 Å². The molecule has 0 atom stereocenters. The number of hydrogen-bond acceptors (Lipinski definition) is 6. The zero-order valence-corrected chi connectivity index (χ0v) is 12.3. The number of ether oxygens (including phenoxy) is 2. The first-order chi connectivity index (χ1) is 10.7. The van der Waals surface area contributed by atoms with E-state index in [4.69, 9.17) is 9.47 Å². The number of nitro benzene ring substituents is 1. The van der Waals surface area contributed by atoms with E-state index in [1.807, 2.05) is 30.3 Å². The van der Waals surface area contributed by atoms with Crippen LogP contribution in [0, 0.1) is 10.1 Å². The minimum Gasteiger partial charge on any atom is -0.493 e. The number of non-ortho nitro benzene ring substituents is 1. The van der Waals surface area contributed by atoms with Crippen molar-refractivity contribution in [2.24, 2.45) is 0 Å². The third-order valence-electron chi connectivity index (χ3n) is 3.04. The fraction of sp³-hybridized carbons (Fsp3) is 0.200. The molecule has 7 heteroatoms. The molecule has 0 aliphatic carbocycles. The Kier molecular flexibility index (Phi) is 5.16. The predicted octanol–water partition coefficient (Wildman–Crippen LogP) is 2.73. The van der Waals surface area contributed by atoms with E-state index in [1.165, 1.54) is 26.4 Å². The number of hydrazine groups is 1. The van der Waals surface area contributed by atoms with Gasteiger partial charge in [0.2, 0.25) is 0 Å². The molecule has 0 saturated carbocycles. The van der Waals surface area contributed by atoms with Crippen LogP contribution in [0.4, 0.5) is 11.4 Å². The van der Waals surface area contributed by atoms with Gasteiger partial charge in [0.25, 0.3) is 5.69 Å². The fourth-order valence-electron chi connectivity index (χ4n) is 2.03. The van der Waals surface area contributed by atoms with Gasteiger partial charge in [0.05, 0.1) is 25.2 Å². The molecule has 0 radical (unpaired) electrons. The summed E-state index contributed by atoms with van der Waals surface area (Å²) in [4.78, 5) is 10.5. The molecule has 0 aliphatic rings. The van der Waals surface area contributed by atoms with Crippen molar-refractivity contribution in [2.45, 2.75) is 6.54 Å². The maximum atomic E-state index is 11.0. The maximum absolute atomic E-state index is 11.0. The average Bonchev–Trinajstić information content (AvgIpc) is 2.54. The Morgan fingerprint density at radius 1 is 1.14 bits per heavy atom. The highest BCUT2D eigenvalue weighted by atomic mass is 16.6. The van der Waals surface area contributed by atoms with E-state index < -0.39 is 4.92 Å². The summed E-state index contributed by atoms with van der Waals surface area (Å²) in [5, 5.41) is 11.0. The molecule has 0 saturated heterocycles. The molecule has 2 N–H and O–H groups in total. The summed E-state index contributed by atoms with van der Waals surface area (Å²) < 4.78 is 10.4. The molecule has 7 nitrogen and oxygen atoms in total. The minimum atomic E-state index is -0.462. The van der Waals surface area contributed by atoms with Crippen LogP contribution in [-0.2, 0) is 6.54 Å². The summed E-state index contributed by atoms with van der Waals surface area (Å²) in [5.74, 6) is 0.795. The Labute approximate surface area is 128 Å². The van der Waals surface area contributed by atoms with Gasteiger partial charge in [-0.1, -0.05) is 18.2 Å². The highest BCUT2D eigenvalue weighted by molar-refractivity contribution is 5.54. The molecule has 0 unspecified atom stereocenters. The largest absolute Gasteiger partial charge is 0.493 e. The first kappa shape index (κ1) is 15.6. The van der Waals surface area contributed by atoms with Gasteiger partial charge in [-0.25, -0.2) is 5.43 Å². The Morgan fingerprint density at radius 2 is 1.86 bits per heavy atom. The van der Waals surface area contributed by atoms with Gasteiger partial charge in [-0.15, -0.1) is 0 Å². The smallest absolute Gasteiger partial charge is 0.273 e. The summed E-state index contributed by atoms with van der Waals surface area (Å²) >= 11 is 0. The lowest BCUT2D eigenvalue weighted by Crippen LogP contribution is -2.21. The SMILES string of the molecule is COc1cc([N+](=O)[O-])cc(CNNc2ccccc2)c1OC. The summed E-state index contributed by atoms with van der Waals surface area (Å²) in [6.45, 7) is 0.329. The van der Waals surface area contributed by atoms with Gasteiger partial charge >= 0.3 is 0 Å². The molecule has 2 aromatic rings. The second kappa shape index (κ2) is 7.28. The van der Waals surface area contributed by atoms with Gasteiger partial charge in [0.15, 0.2) is 11.5 Å². The van der Waals surface area contributed by atoms with E-state index in [1.54, 1.807) is 0 Å². The van der Waals surface area contributed by atoms with Gasteiger partial charge < -0.3 is 14.9 Å². The quantitative estimate of drug-likeness (QED) is 0.604. The normalized spacial score (nSPS) is 10.1. The van der Waals surface area contributed by atoms with E-state index in [-0.39, 0.29) is 5.69 Å².